The number of carbonyl (C=O) groups is 1. The molecular formula is C23H23N5O4S2. The number of morpholine rings is 1. The lowest BCUT2D eigenvalue weighted by molar-refractivity contribution is -0.122. The lowest BCUT2D eigenvalue weighted by atomic mass is 10.2. The van der Waals surface area contributed by atoms with Gasteiger partial charge in [0.2, 0.25) is 0 Å². The summed E-state index contributed by atoms with van der Waals surface area (Å²) >= 11 is 6.59. The Balaban J connectivity index is 1.44. The zero-order valence-electron chi connectivity index (χ0n) is 18.3. The third-order valence-corrected chi connectivity index (χ3v) is 7.01. The number of hydrogen-bond acceptors (Lipinski definition) is 9. The van der Waals surface area contributed by atoms with Crippen molar-refractivity contribution < 1.29 is 13.9 Å². The fourth-order valence-corrected chi connectivity index (χ4v) is 5.09. The first-order chi connectivity index (χ1) is 16.6. The summed E-state index contributed by atoms with van der Waals surface area (Å²) in [6.45, 7) is 4.84. The fourth-order valence-electron chi connectivity index (χ4n) is 3.85. The van der Waals surface area contributed by atoms with Gasteiger partial charge in [0.1, 0.15) is 21.5 Å². The lowest BCUT2D eigenvalue weighted by Gasteiger charge is -2.26. The van der Waals surface area contributed by atoms with Crippen LogP contribution in [0.4, 0.5) is 5.82 Å². The summed E-state index contributed by atoms with van der Waals surface area (Å²) in [5.41, 5.74) is 0.601. The normalized spacial score (nSPS) is 18.4. The second-order valence-corrected chi connectivity index (χ2v) is 9.51. The van der Waals surface area contributed by atoms with E-state index in [1.54, 1.807) is 42.8 Å². The van der Waals surface area contributed by atoms with E-state index in [-0.39, 0.29) is 18.0 Å². The summed E-state index contributed by atoms with van der Waals surface area (Å²) in [5, 5.41) is 3.31. The molecule has 0 spiro atoms. The molecule has 0 saturated carbocycles. The summed E-state index contributed by atoms with van der Waals surface area (Å²) in [7, 11) is 0. The first kappa shape index (κ1) is 22.8. The van der Waals surface area contributed by atoms with Gasteiger partial charge in [-0.1, -0.05) is 30.0 Å². The largest absolute Gasteiger partial charge is 0.467 e. The van der Waals surface area contributed by atoms with Gasteiger partial charge in [-0.2, -0.15) is 0 Å². The van der Waals surface area contributed by atoms with Crippen molar-refractivity contribution in [2.45, 2.75) is 6.54 Å². The first-order valence-corrected chi connectivity index (χ1v) is 12.2. The van der Waals surface area contributed by atoms with Crippen LogP contribution >= 0.6 is 24.0 Å². The van der Waals surface area contributed by atoms with Gasteiger partial charge in [-0.3, -0.25) is 23.8 Å². The van der Waals surface area contributed by atoms with E-state index in [9.17, 15) is 9.59 Å². The minimum atomic E-state index is -0.261. The van der Waals surface area contributed by atoms with Crippen LogP contribution in [0.2, 0.25) is 0 Å². The zero-order chi connectivity index (χ0) is 23.5. The topological polar surface area (TPSA) is 92.3 Å². The van der Waals surface area contributed by atoms with Gasteiger partial charge in [-0.25, -0.2) is 4.98 Å². The van der Waals surface area contributed by atoms with Crippen LogP contribution in [0.15, 0.2) is 56.9 Å². The molecule has 1 amide bonds. The van der Waals surface area contributed by atoms with E-state index in [1.807, 2.05) is 6.07 Å². The Morgan fingerprint density at radius 3 is 2.82 bits per heavy atom. The number of pyridine rings is 1. The maximum Gasteiger partial charge on any atom is 0.267 e. The maximum absolute atomic E-state index is 13.4. The second kappa shape index (κ2) is 10.1. The highest BCUT2D eigenvalue weighted by Crippen LogP contribution is 2.34. The maximum atomic E-state index is 13.4. The molecule has 34 heavy (non-hydrogen) atoms. The van der Waals surface area contributed by atoms with E-state index in [4.69, 9.17) is 21.4 Å². The van der Waals surface area contributed by atoms with Crippen LogP contribution in [0.5, 0.6) is 0 Å². The predicted octanol–water partition coefficient (Wildman–Crippen LogP) is 2.43. The molecule has 0 unspecified atom stereocenters. The van der Waals surface area contributed by atoms with Crippen LogP contribution in [-0.4, -0.2) is 68.8 Å². The van der Waals surface area contributed by atoms with Crippen molar-refractivity contribution in [2.24, 2.45) is 0 Å². The molecule has 0 radical (unpaired) electrons. The molecule has 3 aromatic heterocycles. The van der Waals surface area contributed by atoms with Gasteiger partial charge < -0.3 is 14.5 Å². The van der Waals surface area contributed by atoms with Crippen molar-refractivity contribution in [2.75, 3.05) is 44.7 Å². The molecular weight excluding hydrogens is 474 g/mol. The standard InChI is InChI=1S/C23H23N5O4S2/c29-21-17(14-18-22(30)28(23(33)34-18)15-16-4-3-11-32-16)20(25-19-5-1-2-7-27(19)21)24-6-8-26-9-12-31-13-10-26/h1-5,7,11,14,24H,6,8-10,12-13,15H2/b18-14+. The Labute approximate surface area is 205 Å². The highest BCUT2D eigenvalue weighted by molar-refractivity contribution is 8.26. The zero-order valence-corrected chi connectivity index (χ0v) is 19.9. The molecule has 176 valence electrons. The third kappa shape index (κ3) is 4.78. The number of fused-ring (bicyclic) bond motifs is 1. The molecule has 9 nitrogen and oxygen atoms in total. The van der Waals surface area contributed by atoms with Crippen LogP contribution in [0.3, 0.4) is 0 Å². The number of ether oxygens (including phenoxy) is 1. The van der Waals surface area contributed by atoms with Gasteiger partial charge in [-0.05, 0) is 30.3 Å². The highest BCUT2D eigenvalue weighted by Gasteiger charge is 2.33. The molecule has 0 atom stereocenters. The average molecular weight is 498 g/mol. The van der Waals surface area contributed by atoms with Crippen molar-refractivity contribution in [3.63, 3.8) is 0 Å². The number of rotatable bonds is 7. The summed E-state index contributed by atoms with van der Waals surface area (Å²) in [4.78, 5) is 35.3. The molecule has 0 aromatic carbocycles. The Kier molecular flexibility index (Phi) is 6.77. The number of aromatic nitrogens is 2. The lowest BCUT2D eigenvalue weighted by Crippen LogP contribution is -2.39. The van der Waals surface area contributed by atoms with E-state index in [2.05, 4.69) is 15.2 Å². The number of furan rings is 1. The summed E-state index contributed by atoms with van der Waals surface area (Å²) in [6, 6.07) is 8.94. The van der Waals surface area contributed by atoms with Gasteiger partial charge in [0.25, 0.3) is 11.5 Å². The molecule has 2 fully saturated rings. The van der Waals surface area contributed by atoms with Gasteiger partial charge >= 0.3 is 0 Å². The SMILES string of the molecule is O=C1/C(=C\c2c(NCCN3CCOCC3)nc3ccccn3c2=O)SC(=S)N1Cc1ccco1. The smallest absolute Gasteiger partial charge is 0.267 e. The fraction of sp³-hybridized carbons (Fsp3) is 0.304. The molecule has 0 aliphatic carbocycles. The van der Waals surface area contributed by atoms with Gasteiger partial charge in [0, 0.05) is 32.4 Å². The Bertz CT molecular complexity index is 1300. The van der Waals surface area contributed by atoms with Crippen molar-refractivity contribution in [1.82, 2.24) is 19.2 Å². The number of anilines is 1. The second-order valence-electron chi connectivity index (χ2n) is 7.84. The Hall–Kier alpha value is -2.99. The van der Waals surface area contributed by atoms with Crippen molar-refractivity contribution in [3.05, 3.63) is 69.4 Å². The van der Waals surface area contributed by atoms with Crippen LogP contribution in [0.1, 0.15) is 11.3 Å². The Morgan fingerprint density at radius 2 is 2.03 bits per heavy atom. The minimum absolute atomic E-state index is 0.245. The summed E-state index contributed by atoms with van der Waals surface area (Å²) in [5.74, 6) is 0.819. The minimum Gasteiger partial charge on any atom is -0.467 e. The molecule has 3 aromatic rings. The molecule has 5 heterocycles. The van der Waals surface area contributed by atoms with E-state index >= 15 is 0 Å². The summed E-state index contributed by atoms with van der Waals surface area (Å²) < 4.78 is 12.7. The quantitative estimate of drug-likeness (QED) is 0.390. The molecule has 0 bridgehead atoms. The van der Waals surface area contributed by atoms with E-state index < -0.39 is 0 Å². The molecule has 2 saturated heterocycles. The molecule has 2 aliphatic rings. The number of nitrogens with one attached hydrogen (secondary N) is 1. The highest BCUT2D eigenvalue weighted by atomic mass is 32.2. The van der Waals surface area contributed by atoms with Crippen molar-refractivity contribution >= 4 is 51.7 Å². The monoisotopic (exact) mass is 497 g/mol. The molecule has 2 aliphatic heterocycles. The first-order valence-electron chi connectivity index (χ1n) is 10.9. The van der Waals surface area contributed by atoms with Crippen molar-refractivity contribution in [1.29, 1.82) is 0 Å². The van der Waals surface area contributed by atoms with Gasteiger partial charge in [0.05, 0.1) is 36.5 Å². The summed E-state index contributed by atoms with van der Waals surface area (Å²) in [6.07, 6.45) is 4.81. The molecule has 11 heteroatoms. The van der Waals surface area contributed by atoms with Crippen LogP contribution in [0.25, 0.3) is 11.7 Å². The number of thiocarbonyl (C=S) groups is 1. The van der Waals surface area contributed by atoms with Crippen LogP contribution < -0.4 is 10.9 Å². The van der Waals surface area contributed by atoms with Crippen molar-refractivity contribution in [3.8, 4) is 0 Å². The Morgan fingerprint density at radius 1 is 1.18 bits per heavy atom. The van der Waals surface area contributed by atoms with E-state index in [1.165, 1.54) is 21.1 Å². The predicted molar refractivity (Wildman–Crippen MR) is 135 cm³/mol. The van der Waals surface area contributed by atoms with Gasteiger partial charge in [0.15, 0.2) is 0 Å². The average Bonchev–Trinajstić information content (AvgIpc) is 3.46. The third-order valence-electron chi connectivity index (χ3n) is 5.64. The van der Waals surface area contributed by atoms with E-state index in [0.717, 1.165) is 32.8 Å². The number of hydrogen-bond donors (Lipinski definition) is 1. The number of nitrogens with zero attached hydrogens (tertiary/aromatic N) is 4. The van der Waals surface area contributed by atoms with E-state index in [0.29, 0.717) is 38.6 Å². The van der Waals surface area contributed by atoms with Gasteiger partial charge in [-0.15, -0.1) is 0 Å². The molecule has 1 N–H and O–H groups in total. The molecule has 5 rings (SSSR count). The number of thioether (sulfide) groups is 1. The number of amides is 1. The van der Waals surface area contributed by atoms with Crippen LogP contribution in [0, 0.1) is 0 Å². The number of carbonyl (C=O) groups excluding carboxylic acids is 1. The van der Waals surface area contributed by atoms with Crippen LogP contribution in [-0.2, 0) is 16.1 Å².